The Labute approximate surface area is 119 Å². The van der Waals surface area contributed by atoms with Gasteiger partial charge in [0, 0.05) is 25.5 Å². The lowest BCUT2D eigenvalue weighted by Gasteiger charge is -2.37. The Balaban J connectivity index is 1.85. The minimum atomic E-state index is -0.756. The van der Waals surface area contributed by atoms with Crippen LogP contribution in [0.5, 0.6) is 0 Å². The number of nitrogens with zero attached hydrogens (tertiary/aromatic N) is 2. The van der Waals surface area contributed by atoms with Gasteiger partial charge in [0.15, 0.2) is 0 Å². The Morgan fingerprint density at radius 2 is 2.00 bits per heavy atom. The first-order chi connectivity index (χ1) is 9.48. The van der Waals surface area contributed by atoms with Gasteiger partial charge in [0.25, 0.3) is 0 Å². The lowest BCUT2D eigenvalue weighted by atomic mass is 9.78. The second-order valence-corrected chi connectivity index (χ2v) is 5.86. The van der Waals surface area contributed by atoms with E-state index >= 15 is 0 Å². The van der Waals surface area contributed by atoms with Gasteiger partial charge in [-0.15, -0.1) is 0 Å². The van der Waals surface area contributed by atoms with Crippen LogP contribution in [0.1, 0.15) is 31.2 Å². The molecule has 0 spiro atoms. The van der Waals surface area contributed by atoms with Crippen molar-refractivity contribution in [3.8, 4) is 0 Å². The highest BCUT2D eigenvalue weighted by Crippen LogP contribution is 2.32. The molecule has 0 radical (unpaired) electrons. The lowest BCUT2D eigenvalue weighted by Crippen LogP contribution is -2.44. The number of hydrogen-bond donors (Lipinski definition) is 2. The zero-order valence-electron chi connectivity index (χ0n) is 11.8. The minimum Gasteiger partial charge on any atom is -0.481 e. The van der Waals surface area contributed by atoms with Gasteiger partial charge in [0.05, 0.1) is 11.5 Å². The number of likely N-dealkylation sites (N-methyl/N-ethyl adjacent to an activating group) is 1. The maximum Gasteiger partial charge on any atom is 0.306 e. The zero-order chi connectivity index (χ0) is 14.6. The average molecular weight is 278 g/mol. The maximum atomic E-state index is 10.9. The van der Waals surface area contributed by atoms with Crippen molar-refractivity contribution in [2.45, 2.75) is 37.8 Å². The van der Waals surface area contributed by atoms with Crippen molar-refractivity contribution >= 4 is 5.97 Å². The van der Waals surface area contributed by atoms with Crippen molar-refractivity contribution in [3.05, 3.63) is 30.1 Å². The number of carboxylic acid groups (broad SMARTS) is 1. The van der Waals surface area contributed by atoms with Crippen molar-refractivity contribution in [1.82, 2.24) is 9.88 Å². The predicted octanol–water partition coefficient (Wildman–Crippen LogP) is 1.52. The molecule has 2 rings (SSSR count). The Bertz CT molecular complexity index is 442. The molecule has 0 unspecified atom stereocenters. The molecule has 0 saturated heterocycles. The summed E-state index contributed by atoms with van der Waals surface area (Å²) in [6, 6.07) is 3.92. The van der Waals surface area contributed by atoms with Crippen LogP contribution >= 0.6 is 0 Å². The van der Waals surface area contributed by atoms with Crippen LogP contribution in [0.2, 0.25) is 0 Å². The van der Waals surface area contributed by atoms with Crippen LogP contribution in [0.4, 0.5) is 0 Å². The molecule has 1 fully saturated rings. The summed E-state index contributed by atoms with van der Waals surface area (Å²) in [5.41, 5.74) is 0.401. The smallest absolute Gasteiger partial charge is 0.306 e. The fourth-order valence-corrected chi connectivity index (χ4v) is 2.92. The standard InChI is InChI=1S/C15H22N2O3/c1-17(10-12-4-8-16-9-5-12)11-15(20)6-2-13(3-7-15)14(18)19/h4-5,8-9,13,20H,2-3,6-7,10-11H2,1H3,(H,18,19). The Morgan fingerprint density at radius 3 is 2.55 bits per heavy atom. The molecule has 1 aliphatic carbocycles. The zero-order valence-corrected chi connectivity index (χ0v) is 11.8. The molecule has 20 heavy (non-hydrogen) atoms. The number of carboxylic acids is 1. The second-order valence-electron chi connectivity index (χ2n) is 5.86. The van der Waals surface area contributed by atoms with Crippen molar-refractivity contribution in [3.63, 3.8) is 0 Å². The topological polar surface area (TPSA) is 73.7 Å². The van der Waals surface area contributed by atoms with Crippen LogP contribution in [0.15, 0.2) is 24.5 Å². The molecule has 1 aliphatic rings. The summed E-state index contributed by atoms with van der Waals surface area (Å²) >= 11 is 0. The number of aliphatic hydroxyl groups is 1. The third-order valence-corrected chi connectivity index (χ3v) is 4.03. The largest absolute Gasteiger partial charge is 0.481 e. The van der Waals surface area contributed by atoms with Gasteiger partial charge in [-0.3, -0.25) is 14.7 Å². The number of rotatable bonds is 5. The average Bonchev–Trinajstić information content (AvgIpc) is 2.39. The monoisotopic (exact) mass is 278 g/mol. The molecule has 2 N–H and O–H groups in total. The van der Waals surface area contributed by atoms with Gasteiger partial charge in [0.1, 0.15) is 0 Å². The van der Waals surface area contributed by atoms with Gasteiger partial charge in [-0.25, -0.2) is 0 Å². The van der Waals surface area contributed by atoms with E-state index in [1.165, 1.54) is 0 Å². The van der Waals surface area contributed by atoms with E-state index in [-0.39, 0.29) is 5.92 Å². The normalized spacial score (nSPS) is 26.6. The minimum absolute atomic E-state index is 0.291. The molecule has 1 heterocycles. The van der Waals surface area contributed by atoms with Crippen LogP contribution in [-0.2, 0) is 11.3 Å². The van der Waals surface area contributed by atoms with Crippen LogP contribution in [0.25, 0.3) is 0 Å². The number of aromatic nitrogens is 1. The third kappa shape index (κ3) is 4.02. The van der Waals surface area contributed by atoms with Gasteiger partial charge in [-0.05, 0) is 50.4 Å². The molecule has 110 valence electrons. The van der Waals surface area contributed by atoms with E-state index in [4.69, 9.17) is 5.11 Å². The molecule has 0 aliphatic heterocycles. The molecule has 0 bridgehead atoms. The Hall–Kier alpha value is -1.46. The summed E-state index contributed by atoms with van der Waals surface area (Å²) in [5.74, 6) is -1.03. The quantitative estimate of drug-likeness (QED) is 0.854. The lowest BCUT2D eigenvalue weighted by molar-refractivity contribution is -0.145. The van der Waals surface area contributed by atoms with Crippen molar-refractivity contribution in [1.29, 1.82) is 0 Å². The molecule has 5 nitrogen and oxygen atoms in total. The molecule has 0 aromatic carbocycles. The highest BCUT2D eigenvalue weighted by atomic mass is 16.4. The van der Waals surface area contributed by atoms with Crippen molar-refractivity contribution in [2.24, 2.45) is 5.92 Å². The summed E-state index contributed by atoms with van der Waals surface area (Å²) in [6.07, 6.45) is 5.77. The summed E-state index contributed by atoms with van der Waals surface area (Å²) in [6.45, 7) is 1.33. The summed E-state index contributed by atoms with van der Waals surface area (Å²) in [7, 11) is 1.97. The van der Waals surface area contributed by atoms with Gasteiger partial charge in [-0.2, -0.15) is 0 Å². The van der Waals surface area contributed by atoms with E-state index in [2.05, 4.69) is 9.88 Å². The number of pyridine rings is 1. The van der Waals surface area contributed by atoms with Crippen LogP contribution in [0.3, 0.4) is 0 Å². The Kier molecular flexibility index (Phi) is 4.73. The van der Waals surface area contributed by atoms with Gasteiger partial charge in [-0.1, -0.05) is 0 Å². The van der Waals surface area contributed by atoms with Crippen LogP contribution in [-0.4, -0.2) is 45.3 Å². The molecule has 1 aromatic rings. The van der Waals surface area contributed by atoms with E-state index < -0.39 is 11.6 Å². The summed E-state index contributed by atoms with van der Waals surface area (Å²) < 4.78 is 0. The molecule has 0 atom stereocenters. The number of hydrogen-bond acceptors (Lipinski definition) is 4. The summed E-state index contributed by atoms with van der Waals surface area (Å²) in [4.78, 5) is 17.0. The first-order valence-corrected chi connectivity index (χ1v) is 7.01. The van der Waals surface area contributed by atoms with E-state index in [0.29, 0.717) is 32.2 Å². The summed E-state index contributed by atoms with van der Waals surface area (Å²) in [5, 5.41) is 19.6. The molecule has 0 amide bonds. The SMILES string of the molecule is CN(Cc1ccncc1)CC1(O)CCC(C(=O)O)CC1. The third-order valence-electron chi connectivity index (χ3n) is 4.03. The first-order valence-electron chi connectivity index (χ1n) is 7.01. The maximum absolute atomic E-state index is 10.9. The fraction of sp³-hybridized carbons (Fsp3) is 0.600. The fourth-order valence-electron chi connectivity index (χ4n) is 2.92. The molecule has 1 saturated carbocycles. The number of aliphatic carboxylic acids is 1. The molecular weight excluding hydrogens is 256 g/mol. The van der Waals surface area contributed by atoms with E-state index in [9.17, 15) is 9.90 Å². The van der Waals surface area contributed by atoms with Gasteiger partial charge >= 0.3 is 5.97 Å². The van der Waals surface area contributed by atoms with E-state index in [1.807, 2.05) is 19.2 Å². The highest BCUT2D eigenvalue weighted by Gasteiger charge is 2.36. The molecule has 1 aromatic heterocycles. The second kappa shape index (κ2) is 6.33. The molecule has 5 heteroatoms. The van der Waals surface area contributed by atoms with Gasteiger partial charge in [0.2, 0.25) is 0 Å². The van der Waals surface area contributed by atoms with E-state index in [1.54, 1.807) is 12.4 Å². The van der Waals surface area contributed by atoms with Crippen molar-refractivity contribution < 1.29 is 15.0 Å². The first kappa shape index (κ1) is 14.9. The molecular formula is C15H22N2O3. The van der Waals surface area contributed by atoms with Crippen LogP contribution in [0, 0.1) is 5.92 Å². The Morgan fingerprint density at radius 1 is 1.40 bits per heavy atom. The highest BCUT2D eigenvalue weighted by molar-refractivity contribution is 5.70. The van der Waals surface area contributed by atoms with E-state index in [0.717, 1.165) is 12.1 Å². The number of carbonyl (C=O) groups is 1. The van der Waals surface area contributed by atoms with Crippen LogP contribution < -0.4 is 0 Å². The van der Waals surface area contributed by atoms with Crippen molar-refractivity contribution in [2.75, 3.05) is 13.6 Å². The van der Waals surface area contributed by atoms with Gasteiger partial charge < -0.3 is 10.2 Å². The predicted molar refractivity (Wildman–Crippen MR) is 75.1 cm³/mol.